The van der Waals surface area contributed by atoms with Gasteiger partial charge in [-0.05, 0) is 13.0 Å². The van der Waals surface area contributed by atoms with E-state index < -0.39 is 11.0 Å². The van der Waals surface area contributed by atoms with E-state index in [0.717, 1.165) is 0 Å². The Morgan fingerprint density at radius 3 is 2.94 bits per heavy atom. The molecular weight excluding hydrogens is 222 g/mol. The van der Waals surface area contributed by atoms with E-state index >= 15 is 0 Å². The average Bonchev–Trinajstić information content (AvgIpc) is 2.28. The molecule has 90 valence electrons. The zero-order chi connectivity index (χ0) is 12.8. The van der Waals surface area contributed by atoms with Crippen LogP contribution in [0.15, 0.2) is 18.2 Å². The highest BCUT2D eigenvalue weighted by molar-refractivity contribution is 5.51. The van der Waals surface area contributed by atoms with Crippen molar-refractivity contribution >= 4 is 5.69 Å². The average molecular weight is 235 g/mol. The maximum atomic E-state index is 10.8. The van der Waals surface area contributed by atoms with Crippen molar-refractivity contribution < 1.29 is 9.66 Å². The molecule has 1 rings (SSSR count). The van der Waals surface area contributed by atoms with Crippen LogP contribution < -0.4 is 10.5 Å². The molecule has 0 aromatic heterocycles. The number of nitriles is 1. The summed E-state index contributed by atoms with van der Waals surface area (Å²) in [7, 11) is 0. The van der Waals surface area contributed by atoms with E-state index in [-0.39, 0.29) is 18.0 Å². The van der Waals surface area contributed by atoms with Gasteiger partial charge in [0.15, 0.2) is 5.75 Å². The molecule has 0 saturated carbocycles. The van der Waals surface area contributed by atoms with Gasteiger partial charge in [0.1, 0.15) is 0 Å². The summed E-state index contributed by atoms with van der Waals surface area (Å²) in [5.41, 5.74) is 5.89. The topological polar surface area (TPSA) is 102 Å². The van der Waals surface area contributed by atoms with Crippen molar-refractivity contribution in [3.05, 3.63) is 33.9 Å². The Labute approximate surface area is 98.8 Å². The highest BCUT2D eigenvalue weighted by Crippen LogP contribution is 2.30. The van der Waals surface area contributed by atoms with Crippen LogP contribution in [0, 0.1) is 28.4 Å². The molecule has 6 nitrogen and oxygen atoms in total. The number of ether oxygens (including phenoxy) is 1. The number of nitrogens with zero attached hydrogens (tertiary/aromatic N) is 2. The van der Waals surface area contributed by atoms with E-state index in [1.807, 2.05) is 6.07 Å². The third-order valence-corrected chi connectivity index (χ3v) is 2.24. The first-order valence-corrected chi connectivity index (χ1v) is 5.08. The number of nitrogens with two attached hydrogens (primary N) is 1. The zero-order valence-electron chi connectivity index (χ0n) is 9.42. The largest absolute Gasteiger partial charge is 0.487 e. The summed E-state index contributed by atoms with van der Waals surface area (Å²) < 4.78 is 5.28. The fourth-order valence-electron chi connectivity index (χ4n) is 1.34. The predicted molar refractivity (Wildman–Crippen MR) is 61.5 cm³/mol. The second-order valence-electron chi connectivity index (χ2n) is 3.55. The summed E-state index contributed by atoms with van der Waals surface area (Å²) in [5, 5.41) is 19.3. The Bertz CT molecular complexity index is 454. The van der Waals surface area contributed by atoms with Crippen molar-refractivity contribution in [2.45, 2.75) is 19.4 Å². The highest BCUT2D eigenvalue weighted by Gasteiger charge is 2.18. The van der Waals surface area contributed by atoms with Gasteiger partial charge in [0, 0.05) is 12.0 Å². The van der Waals surface area contributed by atoms with Gasteiger partial charge >= 0.3 is 5.69 Å². The minimum Gasteiger partial charge on any atom is -0.487 e. The van der Waals surface area contributed by atoms with E-state index in [1.165, 1.54) is 6.07 Å². The van der Waals surface area contributed by atoms with Crippen molar-refractivity contribution in [1.82, 2.24) is 0 Å². The fourth-order valence-corrected chi connectivity index (χ4v) is 1.34. The lowest BCUT2D eigenvalue weighted by Crippen LogP contribution is -2.20. The lowest BCUT2D eigenvalue weighted by Gasteiger charge is -2.08. The van der Waals surface area contributed by atoms with Gasteiger partial charge in [-0.1, -0.05) is 12.1 Å². The summed E-state index contributed by atoms with van der Waals surface area (Å²) in [6, 6.07) is 6.11. The number of para-hydroxylation sites is 1. The first-order chi connectivity index (χ1) is 8.06. The van der Waals surface area contributed by atoms with Crippen LogP contribution in [0.25, 0.3) is 0 Å². The van der Waals surface area contributed by atoms with Crippen LogP contribution in [0.1, 0.15) is 12.0 Å². The summed E-state index contributed by atoms with van der Waals surface area (Å²) >= 11 is 0. The second kappa shape index (κ2) is 5.82. The number of rotatable bonds is 5. The van der Waals surface area contributed by atoms with Crippen molar-refractivity contribution in [3.63, 3.8) is 0 Å². The van der Waals surface area contributed by atoms with Gasteiger partial charge in [0.2, 0.25) is 0 Å². The van der Waals surface area contributed by atoms with Crippen LogP contribution in [0.5, 0.6) is 5.75 Å². The van der Waals surface area contributed by atoms with Gasteiger partial charge in [-0.2, -0.15) is 5.26 Å². The fraction of sp³-hybridized carbons (Fsp3) is 0.364. The lowest BCUT2D eigenvalue weighted by atomic mass is 10.2. The van der Waals surface area contributed by atoms with Crippen LogP contribution in [-0.2, 0) is 0 Å². The third-order valence-electron chi connectivity index (χ3n) is 2.24. The van der Waals surface area contributed by atoms with Gasteiger partial charge in [-0.15, -0.1) is 0 Å². The summed E-state index contributed by atoms with van der Waals surface area (Å²) in [6.07, 6.45) is 0.335. The summed E-state index contributed by atoms with van der Waals surface area (Å²) in [6.45, 7) is 1.82. The maximum Gasteiger partial charge on any atom is 0.313 e. The molecule has 1 unspecified atom stereocenters. The molecule has 0 bridgehead atoms. The van der Waals surface area contributed by atoms with Crippen molar-refractivity contribution in [2.24, 2.45) is 5.73 Å². The van der Waals surface area contributed by atoms with Gasteiger partial charge in [0.25, 0.3) is 0 Å². The molecule has 0 aliphatic carbocycles. The molecule has 0 aliphatic heterocycles. The predicted octanol–water partition coefficient (Wildman–Crippen LogP) is 1.52. The number of hydrogen-bond acceptors (Lipinski definition) is 5. The molecule has 1 atom stereocenters. The minimum absolute atomic E-state index is 0.0435. The smallest absolute Gasteiger partial charge is 0.313 e. The Morgan fingerprint density at radius 1 is 1.65 bits per heavy atom. The van der Waals surface area contributed by atoms with Gasteiger partial charge in [-0.3, -0.25) is 10.1 Å². The van der Waals surface area contributed by atoms with Crippen LogP contribution in [0.2, 0.25) is 0 Å². The van der Waals surface area contributed by atoms with E-state index in [1.54, 1.807) is 19.1 Å². The number of aryl methyl sites for hydroxylation is 1. The molecule has 17 heavy (non-hydrogen) atoms. The quantitative estimate of drug-likeness (QED) is 0.615. The molecule has 2 N–H and O–H groups in total. The molecule has 0 radical (unpaired) electrons. The highest BCUT2D eigenvalue weighted by atomic mass is 16.6. The molecule has 0 fully saturated rings. The van der Waals surface area contributed by atoms with Gasteiger partial charge < -0.3 is 10.5 Å². The number of hydrogen-bond donors (Lipinski definition) is 1. The van der Waals surface area contributed by atoms with Crippen molar-refractivity contribution in [1.29, 1.82) is 5.26 Å². The van der Waals surface area contributed by atoms with Crippen LogP contribution in [0.4, 0.5) is 5.69 Å². The second-order valence-corrected chi connectivity index (χ2v) is 3.55. The Balaban J connectivity index is 2.75. The Kier molecular flexibility index (Phi) is 4.43. The first kappa shape index (κ1) is 12.9. The lowest BCUT2D eigenvalue weighted by molar-refractivity contribution is -0.386. The normalized spacial score (nSPS) is 11.6. The van der Waals surface area contributed by atoms with E-state index in [9.17, 15) is 10.1 Å². The standard InChI is InChI=1S/C11H13N3O3/c1-8-3-2-4-10(11(8)14(15)16)17-6-5-9(13)7-12/h2-4,9H,5-6,13H2,1H3. The maximum absolute atomic E-state index is 10.8. The Hall–Kier alpha value is -2.13. The number of benzene rings is 1. The molecule has 0 heterocycles. The number of nitro benzene ring substituents is 1. The minimum atomic E-state index is -0.612. The molecule has 0 aliphatic rings. The van der Waals surface area contributed by atoms with E-state index in [4.69, 9.17) is 15.7 Å². The van der Waals surface area contributed by atoms with E-state index in [0.29, 0.717) is 12.0 Å². The molecule has 1 aromatic rings. The monoisotopic (exact) mass is 235 g/mol. The number of nitro groups is 1. The molecule has 0 spiro atoms. The SMILES string of the molecule is Cc1cccc(OCCC(N)C#N)c1[N+](=O)[O-]. The van der Waals surface area contributed by atoms with Crippen LogP contribution >= 0.6 is 0 Å². The van der Waals surface area contributed by atoms with Gasteiger partial charge in [-0.25, -0.2) is 0 Å². The molecule has 0 saturated heterocycles. The molecule has 1 aromatic carbocycles. The summed E-state index contributed by atoms with van der Waals surface area (Å²) in [4.78, 5) is 10.4. The molecule has 0 amide bonds. The van der Waals surface area contributed by atoms with Crippen molar-refractivity contribution in [2.75, 3.05) is 6.61 Å². The van der Waals surface area contributed by atoms with E-state index in [2.05, 4.69) is 0 Å². The summed E-state index contributed by atoms with van der Waals surface area (Å²) in [5.74, 6) is 0.208. The molecular formula is C11H13N3O3. The van der Waals surface area contributed by atoms with Gasteiger partial charge in [0.05, 0.1) is 23.6 Å². The Morgan fingerprint density at radius 2 is 2.35 bits per heavy atom. The van der Waals surface area contributed by atoms with Crippen molar-refractivity contribution in [3.8, 4) is 11.8 Å². The van der Waals surface area contributed by atoms with Crippen LogP contribution in [-0.4, -0.2) is 17.6 Å². The zero-order valence-corrected chi connectivity index (χ0v) is 9.42. The first-order valence-electron chi connectivity index (χ1n) is 5.08. The van der Waals surface area contributed by atoms with Crippen LogP contribution in [0.3, 0.4) is 0 Å². The third kappa shape index (κ3) is 3.43. The molecule has 6 heteroatoms.